The van der Waals surface area contributed by atoms with E-state index in [1.54, 1.807) is 0 Å². The van der Waals surface area contributed by atoms with Crippen LogP contribution in [0.25, 0.3) is 11.2 Å². The lowest BCUT2D eigenvalue weighted by molar-refractivity contribution is 0.211. The molecule has 3 heterocycles. The van der Waals surface area contributed by atoms with Crippen LogP contribution in [0.3, 0.4) is 0 Å². The number of aromatic nitrogens is 4. The molecule has 9 heteroatoms. The smallest absolute Gasteiger partial charge is 0.410 e. The van der Waals surface area contributed by atoms with Gasteiger partial charge in [0.05, 0.1) is 36.0 Å². The van der Waals surface area contributed by atoms with Gasteiger partial charge < -0.3 is 15.6 Å². The molecule has 0 radical (unpaired) electrons. The van der Waals surface area contributed by atoms with Gasteiger partial charge in [0.15, 0.2) is 5.75 Å². The molecular weight excluding hydrogens is 276 g/mol. The maximum atomic E-state index is 10.7. The van der Waals surface area contributed by atoms with E-state index in [0.29, 0.717) is 16.8 Å². The molecule has 3 rings (SSSR count). The van der Waals surface area contributed by atoms with Crippen molar-refractivity contribution >= 4 is 11.6 Å². The van der Waals surface area contributed by atoms with Crippen LogP contribution in [0.1, 0.15) is 5.56 Å². The Kier molecular flexibility index (Phi) is 2.70. The fraction of sp³-hybridized carbons (Fsp3) is 0. The van der Waals surface area contributed by atoms with Crippen molar-refractivity contribution in [1.29, 1.82) is 5.26 Å². The average molecular weight is 284 g/mol. The van der Waals surface area contributed by atoms with Gasteiger partial charge in [-0.15, -0.1) is 0 Å². The molecule has 0 atom stereocenters. The fourth-order valence-electron chi connectivity index (χ4n) is 1.95. The van der Waals surface area contributed by atoms with Crippen molar-refractivity contribution in [3.63, 3.8) is 0 Å². The number of amides is 1. The number of carbonyl (C=O) groups is 1. The SMILES string of the molecule is N#Cc1cnn2cc(O)cc(-n3cc(OC(N)=O)cn3)c12. The number of pyridine rings is 1. The Labute approximate surface area is 117 Å². The number of carbonyl (C=O) groups excluding carboxylic acids is 1. The van der Waals surface area contributed by atoms with Crippen molar-refractivity contribution in [3.05, 3.63) is 36.4 Å². The molecule has 21 heavy (non-hydrogen) atoms. The van der Waals surface area contributed by atoms with Gasteiger partial charge in [0.1, 0.15) is 17.3 Å². The summed E-state index contributed by atoms with van der Waals surface area (Å²) in [6, 6.07) is 3.42. The number of ether oxygens (including phenoxy) is 1. The number of hydrogen-bond acceptors (Lipinski definition) is 6. The van der Waals surface area contributed by atoms with E-state index in [2.05, 4.69) is 10.2 Å². The molecule has 1 amide bonds. The van der Waals surface area contributed by atoms with E-state index in [4.69, 9.17) is 15.7 Å². The fourth-order valence-corrected chi connectivity index (χ4v) is 1.95. The lowest BCUT2D eigenvalue weighted by Gasteiger charge is -2.05. The van der Waals surface area contributed by atoms with Gasteiger partial charge in [0.25, 0.3) is 0 Å². The summed E-state index contributed by atoms with van der Waals surface area (Å²) in [4.78, 5) is 10.7. The monoisotopic (exact) mass is 284 g/mol. The molecule has 0 aromatic carbocycles. The van der Waals surface area contributed by atoms with E-state index in [1.165, 1.54) is 40.1 Å². The first-order valence-corrected chi connectivity index (χ1v) is 5.71. The maximum absolute atomic E-state index is 10.7. The van der Waals surface area contributed by atoms with E-state index in [-0.39, 0.29) is 11.5 Å². The third-order valence-corrected chi connectivity index (χ3v) is 2.72. The van der Waals surface area contributed by atoms with Crippen molar-refractivity contribution in [2.45, 2.75) is 0 Å². The predicted octanol–water partition coefficient (Wildman–Crippen LogP) is 0.555. The van der Waals surface area contributed by atoms with Crippen LogP contribution in [0, 0.1) is 11.3 Å². The van der Waals surface area contributed by atoms with Crippen molar-refractivity contribution in [2.75, 3.05) is 0 Å². The molecule has 3 aromatic rings. The Hall–Kier alpha value is -3.54. The Morgan fingerprint density at radius 3 is 2.90 bits per heavy atom. The minimum atomic E-state index is -0.960. The molecule has 0 aliphatic rings. The lowest BCUT2D eigenvalue weighted by Crippen LogP contribution is -2.15. The molecule has 0 spiro atoms. The van der Waals surface area contributed by atoms with Gasteiger partial charge >= 0.3 is 6.09 Å². The van der Waals surface area contributed by atoms with Crippen LogP contribution in [0.15, 0.2) is 30.9 Å². The maximum Gasteiger partial charge on any atom is 0.410 e. The topological polar surface area (TPSA) is 131 Å². The lowest BCUT2D eigenvalue weighted by atomic mass is 10.2. The number of nitrogens with two attached hydrogens (primary N) is 1. The van der Waals surface area contributed by atoms with Crippen LogP contribution in [0.5, 0.6) is 11.5 Å². The summed E-state index contributed by atoms with van der Waals surface area (Å²) in [5, 5.41) is 26.8. The molecular formula is C12H8N6O3. The Balaban J connectivity index is 2.19. The molecule has 0 bridgehead atoms. The first-order chi connectivity index (χ1) is 10.1. The zero-order chi connectivity index (χ0) is 15.0. The predicted molar refractivity (Wildman–Crippen MR) is 68.9 cm³/mol. The van der Waals surface area contributed by atoms with E-state index < -0.39 is 6.09 Å². The van der Waals surface area contributed by atoms with Crippen LogP contribution < -0.4 is 10.5 Å². The largest absolute Gasteiger partial charge is 0.506 e. The molecule has 0 fully saturated rings. The summed E-state index contributed by atoms with van der Waals surface area (Å²) >= 11 is 0. The molecule has 3 aromatic heterocycles. The molecule has 3 N–H and O–H groups in total. The molecule has 104 valence electrons. The summed E-state index contributed by atoms with van der Waals surface area (Å²) in [6.45, 7) is 0. The van der Waals surface area contributed by atoms with Crippen LogP contribution in [0.2, 0.25) is 0 Å². The zero-order valence-electron chi connectivity index (χ0n) is 10.5. The highest BCUT2D eigenvalue weighted by atomic mass is 16.5. The number of aromatic hydroxyl groups is 1. The third kappa shape index (κ3) is 2.10. The highest BCUT2D eigenvalue weighted by Gasteiger charge is 2.14. The number of fused-ring (bicyclic) bond motifs is 1. The average Bonchev–Trinajstić information content (AvgIpc) is 3.03. The summed E-state index contributed by atoms with van der Waals surface area (Å²) in [6.07, 6.45) is 4.46. The van der Waals surface area contributed by atoms with Gasteiger partial charge in [-0.25, -0.2) is 14.0 Å². The summed E-state index contributed by atoms with van der Waals surface area (Å²) in [5.74, 6) is 0.0833. The molecule has 0 saturated carbocycles. The van der Waals surface area contributed by atoms with E-state index >= 15 is 0 Å². The summed E-state index contributed by atoms with van der Waals surface area (Å²) in [7, 11) is 0. The Morgan fingerprint density at radius 1 is 1.38 bits per heavy atom. The number of primary amides is 1. The van der Waals surface area contributed by atoms with Gasteiger partial charge in [-0.2, -0.15) is 15.5 Å². The molecule has 0 aliphatic carbocycles. The zero-order valence-corrected chi connectivity index (χ0v) is 10.5. The van der Waals surface area contributed by atoms with Gasteiger partial charge in [-0.05, 0) is 0 Å². The van der Waals surface area contributed by atoms with Crippen molar-refractivity contribution < 1.29 is 14.6 Å². The molecule has 0 unspecified atom stereocenters. The highest BCUT2D eigenvalue weighted by molar-refractivity contribution is 5.73. The van der Waals surface area contributed by atoms with Crippen LogP contribution in [-0.2, 0) is 0 Å². The minimum absolute atomic E-state index is 0.0574. The second-order valence-electron chi connectivity index (χ2n) is 4.09. The quantitative estimate of drug-likeness (QED) is 0.706. The second-order valence-corrected chi connectivity index (χ2v) is 4.09. The third-order valence-electron chi connectivity index (χ3n) is 2.72. The second kappa shape index (κ2) is 4.53. The van der Waals surface area contributed by atoms with E-state index in [1.807, 2.05) is 6.07 Å². The van der Waals surface area contributed by atoms with Gasteiger partial charge in [0, 0.05) is 6.07 Å². The number of nitriles is 1. The Morgan fingerprint density at radius 2 is 2.19 bits per heavy atom. The van der Waals surface area contributed by atoms with Crippen LogP contribution in [-0.4, -0.2) is 30.6 Å². The first-order valence-electron chi connectivity index (χ1n) is 5.71. The van der Waals surface area contributed by atoms with Crippen LogP contribution in [0.4, 0.5) is 4.79 Å². The van der Waals surface area contributed by atoms with Gasteiger partial charge in [-0.1, -0.05) is 0 Å². The van der Waals surface area contributed by atoms with Crippen LogP contribution >= 0.6 is 0 Å². The van der Waals surface area contributed by atoms with Crippen molar-refractivity contribution in [3.8, 4) is 23.3 Å². The normalized spacial score (nSPS) is 10.4. The number of hydrogen-bond donors (Lipinski definition) is 2. The molecule has 9 nitrogen and oxygen atoms in total. The summed E-state index contributed by atoms with van der Waals surface area (Å²) in [5.41, 5.74) is 6.11. The summed E-state index contributed by atoms with van der Waals surface area (Å²) < 4.78 is 7.41. The van der Waals surface area contributed by atoms with E-state index in [9.17, 15) is 9.90 Å². The standard InChI is InChI=1S/C12H8N6O3/c13-2-7-3-15-18-5-8(19)1-10(11(7)18)17-6-9(4-16-17)21-12(14)20/h1,3-6,19H,(H2,14,20). The van der Waals surface area contributed by atoms with Gasteiger partial charge in [0.2, 0.25) is 0 Å². The highest BCUT2D eigenvalue weighted by Crippen LogP contribution is 2.25. The van der Waals surface area contributed by atoms with Crippen molar-refractivity contribution in [1.82, 2.24) is 19.4 Å². The first kappa shape index (κ1) is 12.5. The minimum Gasteiger partial charge on any atom is -0.506 e. The number of nitrogens with zero attached hydrogens (tertiary/aromatic N) is 5. The Bertz CT molecular complexity index is 888. The molecule has 0 saturated heterocycles. The number of rotatable bonds is 2. The van der Waals surface area contributed by atoms with Crippen molar-refractivity contribution in [2.24, 2.45) is 5.73 Å². The van der Waals surface area contributed by atoms with Gasteiger partial charge in [-0.3, -0.25) is 0 Å². The molecule has 0 aliphatic heterocycles. The van der Waals surface area contributed by atoms with E-state index in [0.717, 1.165) is 0 Å².